The number of nitrogens with two attached hydrogens (primary N) is 1. The molecule has 0 bridgehead atoms. The number of H-pyrrole nitrogens is 1. The third-order valence-electron chi connectivity index (χ3n) is 6.46. The number of anilines is 2. The standard InChI is InChI=1S/C27H21FN12O4/c1-37(2)13-20-31-8-9-38(20)15-6-7-18(17(28)11-15)32-26(42)39-24(41)22-21(33-27(39)43)19(12-29)36-40(22)16-5-3-4-14(10-16)23-34-35-25(30)44-23/h3-11H,13H2,1-2H3,(H2,30,35)(H,32,42)(H,33,43). The fraction of sp³-hybridized carbons (Fsp3) is 0.111. The first-order valence-corrected chi connectivity index (χ1v) is 12.8. The summed E-state index contributed by atoms with van der Waals surface area (Å²) in [5.41, 5.74) is 3.35. The van der Waals surface area contributed by atoms with Gasteiger partial charge in [-0.25, -0.2) is 23.6 Å². The van der Waals surface area contributed by atoms with Crippen molar-refractivity contribution in [1.29, 1.82) is 5.26 Å². The van der Waals surface area contributed by atoms with Crippen LogP contribution in [0.1, 0.15) is 11.5 Å². The van der Waals surface area contributed by atoms with E-state index < -0.39 is 23.1 Å². The van der Waals surface area contributed by atoms with Gasteiger partial charge in [0, 0.05) is 29.7 Å². The minimum Gasteiger partial charge on any atom is -0.404 e. The van der Waals surface area contributed by atoms with Gasteiger partial charge in [0.1, 0.15) is 23.2 Å². The van der Waals surface area contributed by atoms with Gasteiger partial charge in [-0.05, 0) is 44.4 Å². The summed E-state index contributed by atoms with van der Waals surface area (Å²) < 4.78 is 23.5. The number of hydrogen-bond acceptors (Lipinski definition) is 11. The van der Waals surface area contributed by atoms with E-state index in [1.807, 2.05) is 25.1 Å². The van der Waals surface area contributed by atoms with Crippen molar-refractivity contribution in [3.8, 4) is 28.9 Å². The zero-order valence-corrected chi connectivity index (χ0v) is 23.0. The van der Waals surface area contributed by atoms with Gasteiger partial charge in [-0.3, -0.25) is 4.79 Å². The molecule has 0 radical (unpaired) electrons. The monoisotopic (exact) mass is 596 g/mol. The smallest absolute Gasteiger partial charge is 0.337 e. The molecule has 0 aliphatic rings. The van der Waals surface area contributed by atoms with Crippen molar-refractivity contribution in [2.24, 2.45) is 0 Å². The van der Waals surface area contributed by atoms with Crippen LogP contribution in [0.15, 0.2) is 68.9 Å². The zero-order valence-electron chi connectivity index (χ0n) is 23.0. The van der Waals surface area contributed by atoms with Crippen molar-refractivity contribution in [2.75, 3.05) is 25.1 Å². The molecule has 2 aromatic carbocycles. The highest BCUT2D eigenvalue weighted by molar-refractivity contribution is 5.93. The number of rotatable bonds is 6. The fourth-order valence-corrected chi connectivity index (χ4v) is 4.56. The van der Waals surface area contributed by atoms with Crippen LogP contribution in [-0.4, -0.2) is 64.1 Å². The van der Waals surface area contributed by atoms with Gasteiger partial charge in [-0.15, -0.1) is 5.10 Å². The van der Waals surface area contributed by atoms with Crippen LogP contribution < -0.4 is 22.3 Å². The van der Waals surface area contributed by atoms with E-state index in [1.54, 1.807) is 41.2 Å². The number of carbonyl (C=O) groups is 1. The Hall–Kier alpha value is -6.41. The summed E-state index contributed by atoms with van der Waals surface area (Å²) in [7, 11) is 3.74. The van der Waals surface area contributed by atoms with Crippen molar-refractivity contribution >= 4 is 28.8 Å². The second-order valence-corrected chi connectivity index (χ2v) is 9.71. The first-order valence-electron chi connectivity index (χ1n) is 12.8. The molecule has 0 unspecified atom stereocenters. The number of benzene rings is 2. The van der Waals surface area contributed by atoms with E-state index in [4.69, 9.17) is 10.2 Å². The number of nitrogens with one attached hydrogen (secondary N) is 2. The highest BCUT2D eigenvalue weighted by Crippen LogP contribution is 2.24. The normalized spacial score (nSPS) is 11.2. The fourth-order valence-electron chi connectivity index (χ4n) is 4.56. The SMILES string of the molecule is CN(C)Cc1nccn1-c1ccc(NC(=O)n2c(=O)[nH]c3c(C#N)nn(-c4cccc(-c5nnc(N)o5)c4)c3c2=O)c(F)c1. The number of amides is 1. The average Bonchev–Trinajstić information content (AvgIpc) is 3.72. The molecule has 220 valence electrons. The minimum atomic E-state index is -1.23. The largest absolute Gasteiger partial charge is 0.404 e. The molecule has 17 heteroatoms. The van der Waals surface area contributed by atoms with Crippen molar-refractivity contribution in [3.05, 3.63) is 93.0 Å². The van der Waals surface area contributed by atoms with Crippen LogP contribution >= 0.6 is 0 Å². The lowest BCUT2D eigenvalue weighted by Gasteiger charge is -2.13. The highest BCUT2D eigenvalue weighted by Gasteiger charge is 2.23. The van der Waals surface area contributed by atoms with Crippen LogP contribution in [0.25, 0.3) is 33.9 Å². The predicted octanol–water partition coefficient (Wildman–Crippen LogP) is 1.85. The lowest BCUT2D eigenvalue weighted by Crippen LogP contribution is -2.42. The van der Waals surface area contributed by atoms with E-state index >= 15 is 4.39 Å². The molecule has 0 saturated carbocycles. The molecule has 4 N–H and O–H groups in total. The summed E-state index contributed by atoms with van der Waals surface area (Å²) in [5, 5.41) is 23.5. The van der Waals surface area contributed by atoms with E-state index in [0.717, 1.165) is 4.68 Å². The second-order valence-electron chi connectivity index (χ2n) is 9.71. The number of carbonyl (C=O) groups excluding carboxylic acids is 1. The van der Waals surface area contributed by atoms with Crippen LogP contribution in [0, 0.1) is 17.1 Å². The lowest BCUT2D eigenvalue weighted by atomic mass is 10.2. The Labute approximate surface area is 245 Å². The van der Waals surface area contributed by atoms with Crippen molar-refractivity contribution in [3.63, 3.8) is 0 Å². The van der Waals surface area contributed by atoms with E-state index in [-0.39, 0.29) is 44.6 Å². The van der Waals surface area contributed by atoms with Gasteiger partial charge in [0.25, 0.3) is 5.56 Å². The maximum atomic E-state index is 15.2. The zero-order chi connectivity index (χ0) is 31.1. The Balaban J connectivity index is 1.38. The molecular formula is C27H21FN12O4. The third-order valence-corrected chi connectivity index (χ3v) is 6.46. The molecule has 44 heavy (non-hydrogen) atoms. The molecular weight excluding hydrogens is 575 g/mol. The van der Waals surface area contributed by atoms with Crippen molar-refractivity contribution < 1.29 is 13.6 Å². The molecule has 4 aromatic heterocycles. The maximum Gasteiger partial charge on any atom is 0.337 e. The van der Waals surface area contributed by atoms with Crippen LogP contribution in [0.5, 0.6) is 0 Å². The summed E-state index contributed by atoms with van der Waals surface area (Å²) in [6.45, 7) is 0.501. The molecule has 0 saturated heterocycles. The van der Waals surface area contributed by atoms with Crippen LogP contribution in [-0.2, 0) is 6.54 Å². The molecule has 0 atom stereocenters. The van der Waals surface area contributed by atoms with E-state index in [0.29, 0.717) is 23.6 Å². The molecule has 0 spiro atoms. The summed E-state index contributed by atoms with van der Waals surface area (Å²) >= 11 is 0. The quantitative estimate of drug-likeness (QED) is 0.252. The first kappa shape index (κ1) is 27.7. The summed E-state index contributed by atoms with van der Waals surface area (Å²) in [6, 6.07) is 10.8. The Kier molecular flexibility index (Phi) is 6.79. The average molecular weight is 597 g/mol. The van der Waals surface area contributed by atoms with Gasteiger partial charge < -0.3 is 29.9 Å². The minimum absolute atomic E-state index is 0.0847. The van der Waals surface area contributed by atoms with Crippen LogP contribution in [0.3, 0.4) is 0 Å². The van der Waals surface area contributed by atoms with E-state index in [1.165, 1.54) is 18.2 Å². The Morgan fingerprint density at radius 1 is 1.18 bits per heavy atom. The number of imidazole rings is 1. The van der Waals surface area contributed by atoms with Crippen LogP contribution in [0.2, 0.25) is 0 Å². The van der Waals surface area contributed by atoms with E-state index in [9.17, 15) is 19.6 Å². The van der Waals surface area contributed by atoms with Gasteiger partial charge in [0.2, 0.25) is 5.89 Å². The molecule has 0 aliphatic carbocycles. The molecule has 0 aliphatic heterocycles. The maximum absolute atomic E-state index is 15.2. The summed E-state index contributed by atoms with van der Waals surface area (Å²) in [5.74, 6) is -0.0691. The number of aromatic nitrogens is 8. The van der Waals surface area contributed by atoms with Gasteiger partial charge in [0.15, 0.2) is 11.2 Å². The highest BCUT2D eigenvalue weighted by atomic mass is 19.1. The molecule has 4 heterocycles. The second kappa shape index (κ2) is 10.8. The topological polar surface area (TPSA) is 212 Å². The molecule has 16 nitrogen and oxygen atoms in total. The number of aromatic amines is 1. The Bertz CT molecular complexity index is 2230. The number of hydrogen-bond donors (Lipinski definition) is 3. The Morgan fingerprint density at radius 2 is 2.00 bits per heavy atom. The number of nitrogen functional groups attached to an aromatic ring is 1. The van der Waals surface area contributed by atoms with E-state index in [2.05, 4.69) is 30.6 Å². The number of halogens is 1. The van der Waals surface area contributed by atoms with Gasteiger partial charge >= 0.3 is 17.7 Å². The number of fused-ring (bicyclic) bond motifs is 1. The van der Waals surface area contributed by atoms with Gasteiger partial charge in [-0.1, -0.05) is 11.2 Å². The molecule has 1 amide bonds. The van der Waals surface area contributed by atoms with Crippen LogP contribution in [0.4, 0.5) is 20.9 Å². The van der Waals surface area contributed by atoms with Gasteiger partial charge in [-0.2, -0.15) is 14.9 Å². The molecule has 6 aromatic rings. The predicted molar refractivity (Wildman–Crippen MR) is 154 cm³/mol. The van der Waals surface area contributed by atoms with Gasteiger partial charge in [0.05, 0.1) is 17.9 Å². The van der Waals surface area contributed by atoms with Crippen molar-refractivity contribution in [1.82, 2.24) is 44.0 Å². The summed E-state index contributed by atoms with van der Waals surface area (Å²) in [4.78, 5) is 48.3. The number of nitriles is 1. The van der Waals surface area contributed by atoms with Crippen molar-refractivity contribution in [2.45, 2.75) is 6.54 Å². The lowest BCUT2D eigenvalue weighted by molar-refractivity contribution is 0.252. The first-order chi connectivity index (χ1) is 21.1. The third kappa shape index (κ3) is 4.86. The molecule has 0 fully saturated rings. The summed E-state index contributed by atoms with van der Waals surface area (Å²) in [6.07, 6.45) is 3.26. The molecule has 6 rings (SSSR count). The number of nitrogens with zero attached hydrogens (tertiary/aromatic N) is 9. The Morgan fingerprint density at radius 3 is 2.70 bits per heavy atom.